The van der Waals surface area contributed by atoms with Crippen LogP contribution in [0.15, 0.2) is 71.6 Å². The first-order valence-electron chi connectivity index (χ1n) is 10.1. The molecule has 0 aliphatic carbocycles. The van der Waals surface area contributed by atoms with E-state index in [2.05, 4.69) is 10.6 Å². The molecule has 0 saturated heterocycles. The zero-order valence-electron chi connectivity index (χ0n) is 18.1. The molecule has 2 N–H and O–H groups in total. The van der Waals surface area contributed by atoms with Gasteiger partial charge in [-0.2, -0.15) is 0 Å². The lowest BCUT2D eigenvalue weighted by atomic mass is 10.1. The third kappa shape index (κ3) is 6.52. The number of hydrogen-bond donors (Lipinski definition) is 2. The van der Waals surface area contributed by atoms with Crippen LogP contribution in [0.1, 0.15) is 18.1 Å². The van der Waals surface area contributed by atoms with Crippen LogP contribution in [0.2, 0.25) is 5.02 Å². The van der Waals surface area contributed by atoms with Gasteiger partial charge in [-0.05, 0) is 49.2 Å². The number of halogens is 1. The third-order valence-electron chi connectivity index (χ3n) is 4.75. The number of carbonyl (C=O) groups excluding carboxylic acids is 2. The number of anilines is 2. The first-order valence-corrected chi connectivity index (χ1v) is 11.4. The Hall–Kier alpha value is -2.96. The molecule has 1 atom stereocenters. The number of benzene rings is 3. The second-order valence-electron chi connectivity index (χ2n) is 7.29. The Morgan fingerprint density at radius 1 is 1.03 bits per heavy atom. The van der Waals surface area contributed by atoms with E-state index in [9.17, 15) is 9.59 Å². The molecule has 0 aliphatic heterocycles. The van der Waals surface area contributed by atoms with Crippen molar-refractivity contribution in [3.63, 3.8) is 0 Å². The highest BCUT2D eigenvalue weighted by Crippen LogP contribution is 2.32. The van der Waals surface area contributed by atoms with Gasteiger partial charge in [0.25, 0.3) is 0 Å². The lowest BCUT2D eigenvalue weighted by Crippen LogP contribution is -2.22. The summed E-state index contributed by atoms with van der Waals surface area (Å²) in [5.41, 5.74) is 3.07. The molecule has 1 unspecified atom stereocenters. The van der Waals surface area contributed by atoms with E-state index < -0.39 is 0 Å². The van der Waals surface area contributed by atoms with Gasteiger partial charge in [-0.25, -0.2) is 0 Å². The number of rotatable bonds is 8. The molecule has 0 radical (unpaired) electrons. The summed E-state index contributed by atoms with van der Waals surface area (Å²) < 4.78 is 5.33. The van der Waals surface area contributed by atoms with Crippen molar-refractivity contribution in [1.82, 2.24) is 0 Å². The highest BCUT2D eigenvalue weighted by Gasteiger charge is 2.17. The highest BCUT2D eigenvalue weighted by molar-refractivity contribution is 8.00. The normalized spacial score (nSPS) is 11.5. The van der Waals surface area contributed by atoms with Crippen molar-refractivity contribution in [3.8, 4) is 5.75 Å². The highest BCUT2D eigenvalue weighted by atomic mass is 35.5. The summed E-state index contributed by atoms with van der Waals surface area (Å²) in [5.74, 6) is 0.261. The van der Waals surface area contributed by atoms with Crippen LogP contribution in [0.3, 0.4) is 0 Å². The minimum Gasteiger partial charge on any atom is -0.495 e. The van der Waals surface area contributed by atoms with E-state index in [0.29, 0.717) is 28.6 Å². The van der Waals surface area contributed by atoms with Crippen LogP contribution in [0.25, 0.3) is 0 Å². The zero-order valence-corrected chi connectivity index (χ0v) is 19.7. The van der Waals surface area contributed by atoms with Crippen LogP contribution in [0.5, 0.6) is 5.75 Å². The molecule has 2 amide bonds. The smallest absolute Gasteiger partial charge is 0.237 e. The molecule has 0 aliphatic rings. The minimum atomic E-state index is -0.369. The summed E-state index contributed by atoms with van der Waals surface area (Å²) in [7, 11) is 1.53. The van der Waals surface area contributed by atoms with Crippen LogP contribution < -0.4 is 15.4 Å². The van der Waals surface area contributed by atoms with Gasteiger partial charge in [0.05, 0.1) is 24.5 Å². The second kappa shape index (κ2) is 11.1. The first kappa shape index (κ1) is 23.7. The fraction of sp³-hybridized carbons (Fsp3) is 0.200. The van der Waals surface area contributed by atoms with Crippen LogP contribution in [-0.4, -0.2) is 24.2 Å². The predicted octanol–water partition coefficient (Wildman–Crippen LogP) is 5.96. The molecule has 0 bridgehead atoms. The number of thioether (sulfide) groups is 1. The number of carbonyl (C=O) groups is 2. The Bertz CT molecular complexity index is 1110. The van der Waals surface area contributed by atoms with Gasteiger partial charge in [0.2, 0.25) is 11.8 Å². The standard InChI is InChI=1S/C25H25ClN2O3S/c1-16-12-22(23(31-3)15-21(16)26)28-25(30)17(2)32-20-11-7-10-19(14-20)27-24(29)13-18-8-5-4-6-9-18/h4-12,14-15,17H,13H2,1-3H3,(H,27,29)(H,28,30). The van der Waals surface area contributed by atoms with Crippen molar-refractivity contribution in [2.75, 3.05) is 17.7 Å². The molecule has 7 heteroatoms. The number of methoxy groups -OCH3 is 1. The number of ether oxygens (including phenoxy) is 1. The van der Waals surface area contributed by atoms with E-state index in [1.54, 1.807) is 12.1 Å². The van der Waals surface area contributed by atoms with E-state index in [0.717, 1.165) is 16.0 Å². The van der Waals surface area contributed by atoms with Crippen molar-refractivity contribution < 1.29 is 14.3 Å². The Labute approximate surface area is 197 Å². The molecule has 0 aromatic heterocycles. The van der Waals surface area contributed by atoms with E-state index in [1.807, 2.05) is 68.4 Å². The van der Waals surface area contributed by atoms with Crippen LogP contribution in [-0.2, 0) is 16.0 Å². The third-order valence-corrected chi connectivity index (χ3v) is 6.25. The van der Waals surface area contributed by atoms with Gasteiger partial charge in [-0.1, -0.05) is 48.0 Å². The molecule has 0 saturated carbocycles. The van der Waals surface area contributed by atoms with Crippen LogP contribution in [0, 0.1) is 6.92 Å². The maximum Gasteiger partial charge on any atom is 0.237 e. The molecular weight excluding hydrogens is 444 g/mol. The molecule has 3 rings (SSSR count). The summed E-state index contributed by atoms with van der Waals surface area (Å²) in [4.78, 5) is 26.0. The molecular formula is C25H25ClN2O3S. The average molecular weight is 469 g/mol. The van der Waals surface area contributed by atoms with Gasteiger partial charge in [-0.15, -0.1) is 11.8 Å². The molecule has 5 nitrogen and oxygen atoms in total. The molecule has 3 aromatic carbocycles. The van der Waals surface area contributed by atoms with Crippen molar-refractivity contribution in [2.45, 2.75) is 30.4 Å². The molecule has 0 fully saturated rings. The van der Waals surface area contributed by atoms with E-state index in [4.69, 9.17) is 16.3 Å². The SMILES string of the molecule is COc1cc(Cl)c(C)cc1NC(=O)C(C)Sc1cccc(NC(=O)Cc2ccccc2)c1. The summed E-state index contributed by atoms with van der Waals surface area (Å²) in [6.07, 6.45) is 0.305. The number of nitrogens with one attached hydrogen (secondary N) is 2. The fourth-order valence-corrected chi connectivity index (χ4v) is 4.14. The molecule has 32 heavy (non-hydrogen) atoms. The van der Waals surface area contributed by atoms with E-state index >= 15 is 0 Å². The minimum absolute atomic E-state index is 0.0886. The summed E-state index contributed by atoms with van der Waals surface area (Å²) in [6, 6.07) is 20.5. The van der Waals surface area contributed by atoms with Crippen LogP contribution in [0.4, 0.5) is 11.4 Å². The summed E-state index contributed by atoms with van der Waals surface area (Å²) in [6.45, 7) is 3.70. The fourth-order valence-electron chi connectivity index (χ4n) is 3.06. The molecule has 166 valence electrons. The van der Waals surface area contributed by atoms with Crippen molar-refractivity contribution in [2.24, 2.45) is 0 Å². The average Bonchev–Trinajstić information content (AvgIpc) is 2.76. The molecule has 0 spiro atoms. The molecule has 0 heterocycles. The number of amides is 2. The van der Waals surface area contributed by atoms with Crippen molar-refractivity contribution >= 4 is 46.6 Å². The summed E-state index contributed by atoms with van der Waals surface area (Å²) in [5, 5.41) is 6.04. The predicted molar refractivity (Wildman–Crippen MR) is 132 cm³/mol. The first-order chi connectivity index (χ1) is 15.4. The van der Waals surface area contributed by atoms with Gasteiger partial charge in [0.1, 0.15) is 5.75 Å². The van der Waals surface area contributed by atoms with Gasteiger partial charge in [0.15, 0.2) is 0 Å². The maximum absolute atomic E-state index is 12.8. The quantitative estimate of drug-likeness (QED) is 0.400. The van der Waals surface area contributed by atoms with Crippen molar-refractivity contribution in [3.05, 3.63) is 82.9 Å². The van der Waals surface area contributed by atoms with E-state index in [1.165, 1.54) is 18.9 Å². The molecule has 3 aromatic rings. The zero-order chi connectivity index (χ0) is 23.1. The van der Waals surface area contributed by atoms with Crippen molar-refractivity contribution in [1.29, 1.82) is 0 Å². The Morgan fingerprint density at radius 2 is 1.78 bits per heavy atom. The maximum atomic E-state index is 12.8. The van der Waals surface area contributed by atoms with Gasteiger partial charge >= 0.3 is 0 Å². The van der Waals surface area contributed by atoms with E-state index in [-0.39, 0.29) is 17.1 Å². The topological polar surface area (TPSA) is 67.4 Å². The van der Waals surface area contributed by atoms with Crippen LogP contribution >= 0.6 is 23.4 Å². The van der Waals surface area contributed by atoms with Gasteiger partial charge in [-0.3, -0.25) is 9.59 Å². The lowest BCUT2D eigenvalue weighted by Gasteiger charge is -2.16. The number of aryl methyl sites for hydroxylation is 1. The number of hydrogen-bond acceptors (Lipinski definition) is 4. The Morgan fingerprint density at radius 3 is 2.50 bits per heavy atom. The summed E-state index contributed by atoms with van der Waals surface area (Å²) >= 11 is 7.55. The Kier molecular flexibility index (Phi) is 8.20. The largest absolute Gasteiger partial charge is 0.495 e. The second-order valence-corrected chi connectivity index (χ2v) is 9.11. The Balaban J connectivity index is 1.61. The van der Waals surface area contributed by atoms with Gasteiger partial charge < -0.3 is 15.4 Å². The monoisotopic (exact) mass is 468 g/mol. The lowest BCUT2D eigenvalue weighted by molar-refractivity contribution is -0.116. The van der Waals surface area contributed by atoms with Gasteiger partial charge in [0, 0.05) is 21.7 Å².